The number of carbonyl (C=O) groups is 1. The Balaban J connectivity index is 1.48. The minimum Gasteiger partial charge on any atom is -0.457 e. The maximum absolute atomic E-state index is 12.5. The summed E-state index contributed by atoms with van der Waals surface area (Å²) in [5.41, 5.74) is 2.11. The molecule has 32 heavy (non-hydrogen) atoms. The molecule has 4 aromatic rings. The molecule has 1 N–H and O–H groups in total. The van der Waals surface area contributed by atoms with Gasteiger partial charge in [-0.2, -0.15) is 5.26 Å². The molecule has 0 saturated heterocycles. The summed E-state index contributed by atoms with van der Waals surface area (Å²) in [6.07, 6.45) is 1.33. The van der Waals surface area contributed by atoms with E-state index in [0.29, 0.717) is 22.2 Å². The second kappa shape index (κ2) is 9.07. The first kappa shape index (κ1) is 20.7. The van der Waals surface area contributed by atoms with E-state index < -0.39 is 10.8 Å². The quantitative estimate of drug-likeness (QED) is 0.181. The molecular formula is C23H14N4O4S. The molecule has 0 aliphatic heterocycles. The lowest BCUT2D eigenvalue weighted by atomic mass is 10.1. The first-order valence-corrected chi connectivity index (χ1v) is 10.2. The summed E-state index contributed by atoms with van der Waals surface area (Å²) in [4.78, 5) is 27.2. The number of nitrogens with zero attached hydrogens (tertiary/aromatic N) is 3. The van der Waals surface area contributed by atoms with Crippen molar-refractivity contribution in [1.82, 2.24) is 4.98 Å². The number of nitriles is 1. The van der Waals surface area contributed by atoms with Gasteiger partial charge in [0.1, 0.15) is 23.2 Å². The maximum atomic E-state index is 12.5. The van der Waals surface area contributed by atoms with E-state index in [4.69, 9.17) is 4.42 Å². The molecule has 156 valence electrons. The van der Waals surface area contributed by atoms with Gasteiger partial charge in [-0.3, -0.25) is 20.2 Å². The Hall–Kier alpha value is -4.55. The van der Waals surface area contributed by atoms with Crippen LogP contribution in [0.1, 0.15) is 5.76 Å². The van der Waals surface area contributed by atoms with Crippen molar-refractivity contribution in [3.05, 3.63) is 93.6 Å². The largest absolute Gasteiger partial charge is 0.457 e. The third-order valence-electron chi connectivity index (χ3n) is 4.44. The molecule has 0 aliphatic rings. The van der Waals surface area contributed by atoms with Crippen molar-refractivity contribution in [2.75, 3.05) is 5.32 Å². The van der Waals surface area contributed by atoms with Gasteiger partial charge in [-0.1, -0.05) is 30.3 Å². The molecule has 0 spiro atoms. The first-order valence-electron chi connectivity index (χ1n) is 9.32. The normalized spacial score (nSPS) is 11.0. The maximum Gasteiger partial charge on any atom is 0.269 e. The van der Waals surface area contributed by atoms with Crippen LogP contribution in [0.2, 0.25) is 0 Å². The van der Waals surface area contributed by atoms with Gasteiger partial charge in [0.15, 0.2) is 5.13 Å². The van der Waals surface area contributed by atoms with Crippen LogP contribution in [-0.2, 0) is 4.79 Å². The van der Waals surface area contributed by atoms with E-state index >= 15 is 0 Å². The van der Waals surface area contributed by atoms with E-state index in [0.717, 1.165) is 11.3 Å². The molecule has 0 atom stereocenters. The number of nitro benzene ring substituents is 1. The average Bonchev–Trinajstić information content (AvgIpc) is 3.48. The zero-order chi connectivity index (χ0) is 22.5. The minimum atomic E-state index is -0.602. The summed E-state index contributed by atoms with van der Waals surface area (Å²) in [6, 6.07) is 20.6. The first-order chi connectivity index (χ1) is 15.5. The van der Waals surface area contributed by atoms with Crippen LogP contribution in [0.3, 0.4) is 0 Å². The zero-order valence-corrected chi connectivity index (χ0v) is 17.2. The molecule has 0 radical (unpaired) electrons. The summed E-state index contributed by atoms with van der Waals surface area (Å²) in [5, 5.41) is 25.0. The lowest BCUT2D eigenvalue weighted by molar-refractivity contribution is -0.384. The molecule has 9 heteroatoms. The number of rotatable bonds is 6. The summed E-state index contributed by atoms with van der Waals surface area (Å²) >= 11 is 1.26. The fourth-order valence-electron chi connectivity index (χ4n) is 2.86. The molecule has 2 aromatic heterocycles. The van der Waals surface area contributed by atoms with E-state index in [1.54, 1.807) is 24.3 Å². The molecule has 1 amide bonds. The summed E-state index contributed by atoms with van der Waals surface area (Å²) < 4.78 is 5.67. The fourth-order valence-corrected chi connectivity index (χ4v) is 3.58. The second-order valence-corrected chi connectivity index (χ2v) is 7.39. The topological polar surface area (TPSA) is 122 Å². The van der Waals surface area contributed by atoms with E-state index in [1.165, 1.54) is 29.5 Å². The van der Waals surface area contributed by atoms with Crippen LogP contribution in [0.15, 0.2) is 82.1 Å². The van der Waals surface area contributed by atoms with Gasteiger partial charge in [0.05, 0.1) is 10.6 Å². The number of nitro groups is 1. The predicted octanol–water partition coefficient (Wildman–Crippen LogP) is 5.52. The second-order valence-electron chi connectivity index (χ2n) is 6.53. The van der Waals surface area contributed by atoms with Crippen molar-refractivity contribution in [1.29, 1.82) is 5.26 Å². The molecular weight excluding hydrogens is 428 g/mol. The highest BCUT2D eigenvalue weighted by molar-refractivity contribution is 7.14. The van der Waals surface area contributed by atoms with Crippen LogP contribution in [-0.4, -0.2) is 15.8 Å². The summed E-state index contributed by atoms with van der Waals surface area (Å²) in [7, 11) is 0. The number of furan rings is 1. The fraction of sp³-hybridized carbons (Fsp3) is 0. The Bertz CT molecular complexity index is 1350. The Labute approximate surface area is 186 Å². The molecule has 2 heterocycles. The van der Waals surface area contributed by atoms with Crippen LogP contribution in [0.4, 0.5) is 10.8 Å². The molecule has 0 unspecified atom stereocenters. The number of thiazole rings is 1. The molecule has 2 aromatic carbocycles. The average molecular weight is 442 g/mol. The smallest absolute Gasteiger partial charge is 0.269 e. The van der Waals surface area contributed by atoms with Gasteiger partial charge in [0.25, 0.3) is 11.6 Å². The number of carbonyl (C=O) groups excluding carboxylic acids is 1. The Morgan fingerprint density at radius 1 is 1.09 bits per heavy atom. The van der Waals surface area contributed by atoms with E-state index in [9.17, 15) is 20.2 Å². The van der Waals surface area contributed by atoms with Crippen molar-refractivity contribution >= 4 is 34.1 Å². The van der Waals surface area contributed by atoms with Crippen LogP contribution >= 0.6 is 11.3 Å². The highest BCUT2D eigenvalue weighted by Crippen LogP contribution is 2.27. The number of nitrogens with one attached hydrogen (secondary N) is 1. The molecule has 0 bridgehead atoms. The SMILES string of the molecule is N#CC(=Cc1ccc(-c2ccc([N+](=O)[O-])cc2)o1)C(=O)Nc1nc(-c2ccccc2)cs1. The summed E-state index contributed by atoms with van der Waals surface area (Å²) in [6.45, 7) is 0. The molecule has 0 saturated carbocycles. The molecule has 8 nitrogen and oxygen atoms in total. The number of amides is 1. The Morgan fingerprint density at radius 3 is 2.53 bits per heavy atom. The van der Waals surface area contributed by atoms with E-state index in [2.05, 4.69) is 10.3 Å². The van der Waals surface area contributed by atoms with Crippen molar-refractivity contribution in [2.24, 2.45) is 0 Å². The van der Waals surface area contributed by atoms with Crippen LogP contribution in [0.5, 0.6) is 0 Å². The number of non-ortho nitro benzene ring substituents is 1. The number of aromatic nitrogens is 1. The van der Waals surface area contributed by atoms with Gasteiger partial charge in [-0.25, -0.2) is 4.98 Å². The highest BCUT2D eigenvalue weighted by Gasteiger charge is 2.14. The Morgan fingerprint density at radius 2 is 1.84 bits per heavy atom. The molecule has 0 aliphatic carbocycles. The monoisotopic (exact) mass is 442 g/mol. The van der Waals surface area contributed by atoms with Gasteiger partial charge in [0.2, 0.25) is 0 Å². The van der Waals surface area contributed by atoms with Gasteiger partial charge in [0, 0.05) is 34.7 Å². The Kier molecular flexibility index (Phi) is 5.87. The van der Waals surface area contributed by atoms with Crippen LogP contribution < -0.4 is 5.32 Å². The van der Waals surface area contributed by atoms with Crippen molar-refractivity contribution in [2.45, 2.75) is 0 Å². The van der Waals surface area contributed by atoms with E-state index in [-0.39, 0.29) is 11.3 Å². The van der Waals surface area contributed by atoms with Crippen molar-refractivity contribution in [3.63, 3.8) is 0 Å². The predicted molar refractivity (Wildman–Crippen MR) is 121 cm³/mol. The number of benzene rings is 2. The third kappa shape index (κ3) is 4.61. The van der Waals surface area contributed by atoms with E-state index in [1.807, 2.05) is 41.8 Å². The zero-order valence-electron chi connectivity index (χ0n) is 16.4. The number of anilines is 1. The lowest BCUT2D eigenvalue weighted by Crippen LogP contribution is -2.13. The summed E-state index contributed by atoms with van der Waals surface area (Å²) in [5.74, 6) is 0.153. The third-order valence-corrected chi connectivity index (χ3v) is 5.19. The van der Waals surface area contributed by atoms with Crippen molar-refractivity contribution < 1.29 is 14.1 Å². The van der Waals surface area contributed by atoms with Crippen molar-refractivity contribution in [3.8, 4) is 28.7 Å². The molecule has 0 fully saturated rings. The standard InChI is InChI=1S/C23H14N4O4S/c24-13-17(22(28)26-23-25-20(14-32-23)15-4-2-1-3-5-15)12-19-10-11-21(31-19)16-6-8-18(9-7-16)27(29)30/h1-12,14H,(H,25,26,28). The number of hydrogen-bond donors (Lipinski definition) is 1. The lowest BCUT2D eigenvalue weighted by Gasteiger charge is -2.00. The van der Waals surface area contributed by atoms with Crippen LogP contribution in [0, 0.1) is 21.4 Å². The van der Waals surface area contributed by atoms with Crippen LogP contribution in [0.25, 0.3) is 28.7 Å². The molecule has 4 rings (SSSR count). The minimum absolute atomic E-state index is 0.0264. The number of hydrogen-bond acceptors (Lipinski definition) is 7. The van der Waals surface area contributed by atoms with Gasteiger partial charge in [-0.15, -0.1) is 11.3 Å². The van der Waals surface area contributed by atoms with Gasteiger partial charge < -0.3 is 4.42 Å². The van der Waals surface area contributed by atoms with Gasteiger partial charge >= 0.3 is 0 Å². The van der Waals surface area contributed by atoms with Gasteiger partial charge in [-0.05, 0) is 24.3 Å². The highest BCUT2D eigenvalue weighted by atomic mass is 32.1.